The molecule has 0 radical (unpaired) electrons. The van der Waals surface area contributed by atoms with E-state index in [0.717, 1.165) is 47.3 Å². The number of furan rings is 2. The highest BCUT2D eigenvalue weighted by molar-refractivity contribution is 6.04. The Morgan fingerprint density at radius 1 is 1.10 bits per heavy atom. The molecule has 1 saturated carbocycles. The van der Waals surface area contributed by atoms with E-state index >= 15 is 0 Å². The molecular weight excluding hydrogens is 254 g/mol. The number of aromatic hydroxyl groups is 1. The SMILES string of the molecule is Cc1cc2c(CC3(N)CC3)c3oc(C)cc3c(O)c2o1. The molecule has 0 unspecified atom stereocenters. The Hall–Kier alpha value is -1.94. The van der Waals surface area contributed by atoms with Gasteiger partial charge in [-0.1, -0.05) is 0 Å². The van der Waals surface area contributed by atoms with Gasteiger partial charge in [-0.3, -0.25) is 0 Å². The maximum atomic E-state index is 10.4. The number of phenols is 1. The number of phenolic OH excluding ortho intramolecular Hbond substituents is 1. The van der Waals surface area contributed by atoms with Crippen molar-refractivity contribution in [3.63, 3.8) is 0 Å². The summed E-state index contributed by atoms with van der Waals surface area (Å²) in [7, 11) is 0. The summed E-state index contributed by atoms with van der Waals surface area (Å²) >= 11 is 0. The molecule has 1 aromatic carbocycles. The number of nitrogens with two attached hydrogens (primary N) is 1. The van der Waals surface area contributed by atoms with Gasteiger partial charge in [-0.25, -0.2) is 0 Å². The number of aryl methyl sites for hydroxylation is 2. The summed E-state index contributed by atoms with van der Waals surface area (Å²) in [6.45, 7) is 3.76. The monoisotopic (exact) mass is 271 g/mol. The number of benzene rings is 1. The fourth-order valence-electron chi connectivity index (χ4n) is 2.94. The van der Waals surface area contributed by atoms with E-state index in [0.29, 0.717) is 11.0 Å². The van der Waals surface area contributed by atoms with E-state index in [-0.39, 0.29) is 11.3 Å². The number of rotatable bonds is 2. The molecule has 0 spiro atoms. The van der Waals surface area contributed by atoms with Gasteiger partial charge in [-0.15, -0.1) is 0 Å². The Morgan fingerprint density at radius 2 is 1.70 bits per heavy atom. The Bertz CT molecular complexity index is 779. The fourth-order valence-corrected chi connectivity index (χ4v) is 2.94. The predicted octanol–water partition coefficient (Wildman–Crippen LogP) is 3.54. The first-order chi connectivity index (χ1) is 9.47. The maximum absolute atomic E-state index is 10.4. The lowest BCUT2D eigenvalue weighted by Gasteiger charge is -2.11. The van der Waals surface area contributed by atoms with Gasteiger partial charge < -0.3 is 19.7 Å². The number of hydrogen-bond acceptors (Lipinski definition) is 4. The first kappa shape index (κ1) is 11.9. The molecule has 2 aromatic heterocycles. The van der Waals surface area contributed by atoms with Crippen molar-refractivity contribution in [3.8, 4) is 5.75 Å². The third-order valence-electron chi connectivity index (χ3n) is 4.20. The molecule has 0 aliphatic heterocycles. The average molecular weight is 271 g/mol. The van der Waals surface area contributed by atoms with Crippen molar-refractivity contribution >= 4 is 21.9 Å². The van der Waals surface area contributed by atoms with Crippen LogP contribution in [-0.4, -0.2) is 10.6 Å². The maximum Gasteiger partial charge on any atom is 0.177 e. The third kappa shape index (κ3) is 1.58. The minimum atomic E-state index is -0.122. The summed E-state index contributed by atoms with van der Waals surface area (Å²) in [6.07, 6.45) is 2.83. The molecule has 3 aromatic rings. The van der Waals surface area contributed by atoms with E-state index in [4.69, 9.17) is 14.6 Å². The molecule has 4 heteroatoms. The Balaban J connectivity index is 2.11. The van der Waals surface area contributed by atoms with Gasteiger partial charge >= 0.3 is 0 Å². The van der Waals surface area contributed by atoms with E-state index in [9.17, 15) is 5.11 Å². The van der Waals surface area contributed by atoms with Crippen LogP contribution in [0.2, 0.25) is 0 Å². The molecule has 0 atom stereocenters. The van der Waals surface area contributed by atoms with Crippen molar-refractivity contribution in [2.45, 2.75) is 38.6 Å². The molecule has 1 fully saturated rings. The van der Waals surface area contributed by atoms with Gasteiger partial charge in [-0.2, -0.15) is 0 Å². The molecule has 0 bridgehead atoms. The van der Waals surface area contributed by atoms with E-state index < -0.39 is 0 Å². The average Bonchev–Trinajstić information content (AvgIpc) is 2.82. The molecule has 4 nitrogen and oxygen atoms in total. The molecule has 0 amide bonds. The van der Waals surface area contributed by atoms with Crippen molar-refractivity contribution in [1.82, 2.24) is 0 Å². The Morgan fingerprint density at radius 3 is 2.35 bits per heavy atom. The van der Waals surface area contributed by atoms with Crippen LogP contribution < -0.4 is 5.73 Å². The van der Waals surface area contributed by atoms with Crippen molar-refractivity contribution < 1.29 is 13.9 Å². The van der Waals surface area contributed by atoms with Crippen LogP contribution in [-0.2, 0) is 6.42 Å². The molecular formula is C16H17NO3. The van der Waals surface area contributed by atoms with Gasteiger partial charge in [0.2, 0.25) is 0 Å². The Labute approximate surface area is 116 Å². The van der Waals surface area contributed by atoms with Crippen LogP contribution >= 0.6 is 0 Å². The summed E-state index contributed by atoms with van der Waals surface area (Å²) in [5.74, 6) is 1.72. The highest BCUT2D eigenvalue weighted by Crippen LogP contribution is 2.44. The number of hydrogen-bond donors (Lipinski definition) is 2. The predicted molar refractivity (Wildman–Crippen MR) is 77.0 cm³/mol. The molecule has 20 heavy (non-hydrogen) atoms. The van der Waals surface area contributed by atoms with Crippen LogP contribution in [0.25, 0.3) is 21.9 Å². The topological polar surface area (TPSA) is 72.5 Å². The second-order valence-corrected chi connectivity index (χ2v) is 6.07. The number of fused-ring (bicyclic) bond motifs is 2. The zero-order valence-corrected chi connectivity index (χ0v) is 11.6. The minimum Gasteiger partial charge on any atom is -0.504 e. The smallest absolute Gasteiger partial charge is 0.177 e. The van der Waals surface area contributed by atoms with E-state index in [1.54, 1.807) is 0 Å². The minimum absolute atomic E-state index is 0.122. The summed E-state index contributed by atoms with van der Waals surface area (Å²) in [5, 5.41) is 12.0. The van der Waals surface area contributed by atoms with Crippen molar-refractivity contribution in [2.75, 3.05) is 0 Å². The van der Waals surface area contributed by atoms with E-state index in [1.165, 1.54) is 0 Å². The third-order valence-corrected chi connectivity index (χ3v) is 4.20. The van der Waals surface area contributed by atoms with Crippen molar-refractivity contribution in [3.05, 3.63) is 29.2 Å². The van der Waals surface area contributed by atoms with Gasteiger partial charge in [0.25, 0.3) is 0 Å². The highest BCUT2D eigenvalue weighted by Gasteiger charge is 2.39. The van der Waals surface area contributed by atoms with Gasteiger partial charge in [0.15, 0.2) is 11.3 Å². The van der Waals surface area contributed by atoms with Crippen LogP contribution in [0.5, 0.6) is 5.75 Å². The van der Waals surface area contributed by atoms with Crippen LogP contribution in [0.4, 0.5) is 0 Å². The fraction of sp³-hybridized carbons (Fsp3) is 0.375. The van der Waals surface area contributed by atoms with E-state index in [1.807, 2.05) is 26.0 Å². The summed E-state index contributed by atoms with van der Waals surface area (Å²) < 4.78 is 11.5. The van der Waals surface area contributed by atoms with Crippen molar-refractivity contribution in [1.29, 1.82) is 0 Å². The van der Waals surface area contributed by atoms with Crippen molar-refractivity contribution in [2.24, 2.45) is 5.73 Å². The zero-order valence-electron chi connectivity index (χ0n) is 11.6. The largest absolute Gasteiger partial charge is 0.504 e. The van der Waals surface area contributed by atoms with Gasteiger partial charge in [0.1, 0.15) is 17.1 Å². The van der Waals surface area contributed by atoms with Crippen LogP contribution in [0.3, 0.4) is 0 Å². The quantitative estimate of drug-likeness (QED) is 0.747. The lowest BCUT2D eigenvalue weighted by molar-refractivity contribution is 0.466. The molecule has 0 saturated heterocycles. The zero-order chi connectivity index (χ0) is 14.1. The van der Waals surface area contributed by atoms with Crippen LogP contribution in [0, 0.1) is 13.8 Å². The molecule has 104 valence electrons. The summed E-state index contributed by atoms with van der Waals surface area (Å²) in [6, 6.07) is 3.80. The molecule has 1 aliphatic carbocycles. The summed E-state index contributed by atoms with van der Waals surface area (Å²) in [4.78, 5) is 0. The van der Waals surface area contributed by atoms with E-state index in [2.05, 4.69) is 0 Å². The van der Waals surface area contributed by atoms with Crippen LogP contribution in [0.1, 0.15) is 29.9 Å². The molecule has 2 heterocycles. The highest BCUT2D eigenvalue weighted by atomic mass is 16.4. The normalized spacial score (nSPS) is 17.1. The molecule has 4 rings (SSSR count). The molecule has 1 aliphatic rings. The molecule has 3 N–H and O–H groups in total. The Kier molecular flexibility index (Phi) is 2.12. The first-order valence-corrected chi connectivity index (χ1v) is 6.90. The van der Waals surface area contributed by atoms with Gasteiger partial charge in [0.05, 0.1) is 5.39 Å². The van der Waals surface area contributed by atoms with Gasteiger partial charge in [0, 0.05) is 16.5 Å². The van der Waals surface area contributed by atoms with Gasteiger partial charge in [-0.05, 0) is 45.2 Å². The summed E-state index contributed by atoms with van der Waals surface area (Å²) in [5.41, 5.74) is 8.49. The second-order valence-electron chi connectivity index (χ2n) is 6.07. The standard InChI is InChI=1S/C16H17NO3/c1-8-5-10-12(7-16(17)3-4-16)14-11(6-9(2)19-14)13(18)15(10)20-8/h5-6,18H,3-4,7,17H2,1-2H3. The first-order valence-electron chi connectivity index (χ1n) is 6.90. The second kappa shape index (κ2) is 3.58. The van der Waals surface area contributed by atoms with Crippen LogP contribution in [0.15, 0.2) is 21.0 Å². The lowest BCUT2D eigenvalue weighted by atomic mass is 9.98. The lowest BCUT2D eigenvalue weighted by Crippen LogP contribution is -2.24.